The van der Waals surface area contributed by atoms with E-state index in [9.17, 15) is 4.79 Å². The Labute approximate surface area is 151 Å². The molecule has 4 nitrogen and oxygen atoms in total. The highest BCUT2D eigenvalue weighted by atomic mass is 32.2. The largest absolute Gasteiger partial charge is 0.336 e. The molecule has 2 aromatic rings. The summed E-state index contributed by atoms with van der Waals surface area (Å²) in [5.41, 5.74) is 0.602. The van der Waals surface area contributed by atoms with Crippen molar-refractivity contribution in [1.29, 1.82) is 0 Å². The topological polar surface area (TPSA) is 36.4 Å². The van der Waals surface area contributed by atoms with Crippen LogP contribution in [0.5, 0.6) is 0 Å². The number of aromatic nitrogens is 1. The minimum Gasteiger partial charge on any atom is -0.336 e. The second-order valence-electron chi connectivity index (χ2n) is 5.90. The van der Waals surface area contributed by atoms with Crippen molar-refractivity contribution in [3.05, 3.63) is 46.4 Å². The summed E-state index contributed by atoms with van der Waals surface area (Å²) in [6.45, 7) is 6.65. The Bertz CT molecular complexity index is 659. The number of thioether (sulfide) groups is 1. The highest BCUT2D eigenvalue weighted by molar-refractivity contribution is 7.99. The zero-order chi connectivity index (χ0) is 16.8. The third-order valence-corrected chi connectivity index (χ3v) is 5.90. The smallest absolute Gasteiger partial charge is 0.273 e. The van der Waals surface area contributed by atoms with Crippen LogP contribution in [0.25, 0.3) is 0 Å². The van der Waals surface area contributed by atoms with E-state index in [2.05, 4.69) is 34.1 Å². The Morgan fingerprint density at radius 3 is 2.79 bits per heavy atom. The molecule has 1 aromatic carbocycles. The first-order chi connectivity index (χ1) is 11.7. The van der Waals surface area contributed by atoms with Crippen LogP contribution >= 0.6 is 23.1 Å². The van der Waals surface area contributed by atoms with Crippen LogP contribution in [-0.2, 0) is 0 Å². The first kappa shape index (κ1) is 17.5. The quantitative estimate of drug-likeness (QED) is 0.765. The van der Waals surface area contributed by atoms with E-state index in [-0.39, 0.29) is 5.91 Å². The average molecular weight is 362 g/mol. The molecule has 1 aliphatic heterocycles. The number of hydrogen-bond donors (Lipinski definition) is 0. The maximum atomic E-state index is 12.5. The van der Waals surface area contributed by atoms with E-state index in [0.29, 0.717) is 5.69 Å². The molecule has 3 rings (SSSR count). The van der Waals surface area contributed by atoms with Crippen molar-refractivity contribution in [2.75, 3.05) is 38.5 Å². The van der Waals surface area contributed by atoms with Crippen LogP contribution in [0, 0.1) is 6.92 Å². The number of carbonyl (C=O) groups is 1. The van der Waals surface area contributed by atoms with Crippen LogP contribution in [0.1, 0.15) is 21.9 Å². The molecule has 1 amide bonds. The molecule has 1 aromatic heterocycles. The predicted octanol–water partition coefficient (Wildman–Crippen LogP) is 3.39. The van der Waals surface area contributed by atoms with Gasteiger partial charge in [-0.25, -0.2) is 4.98 Å². The zero-order valence-electron chi connectivity index (χ0n) is 14.0. The third-order valence-electron chi connectivity index (χ3n) is 4.13. The van der Waals surface area contributed by atoms with E-state index in [1.807, 2.05) is 35.0 Å². The summed E-state index contributed by atoms with van der Waals surface area (Å²) in [7, 11) is 0. The number of thiazole rings is 1. The Morgan fingerprint density at radius 2 is 2.04 bits per heavy atom. The molecule has 0 atom stereocenters. The van der Waals surface area contributed by atoms with Crippen molar-refractivity contribution < 1.29 is 4.79 Å². The zero-order valence-corrected chi connectivity index (χ0v) is 15.6. The maximum absolute atomic E-state index is 12.5. The molecule has 1 saturated heterocycles. The number of aryl methyl sites for hydroxylation is 1. The molecule has 0 saturated carbocycles. The molecular weight excluding hydrogens is 338 g/mol. The molecule has 0 bridgehead atoms. The van der Waals surface area contributed by atoms with Crippen molar-refractivity contribution in [2.24, 2.45) is 0 Å². The molecule has 24 heavy (non-hydrogen) atoms. The molecule has 2 heterocycles. The first-order valence-electron chi connectivity index (χ1n) is 8.34. The van der Waals surface area contributed by atoms with E-state index in [1.165, 1.54) is 16.2 Å². The normalized spacial score (nSPS) is 16.1. The lowest BCUT2D eigenvalue weighted by atomic mass is 10.3. The summed E-state index contributed by atoms with van der Waals surface area (Å²) >= 11 is 3.44. The van der Waals surface area contributed by atoms with Gasteiger partial charge in [-0.2, -0.15) is 0 Å². The van der Waals surface area contributed by atoms with E-state index in [0.717, 1.165) is 49.9 Å². The molecule has 0 unspecified atom stereocenters. The summed E-state index contributed by atoms with van der Waals surface area (Å²) in [6.07, 6.45) is 1.03. The molecule has 128 valence electrons. The van der Waals surface area contributed by atoms with Crippen LogP contribution < -0.4 is 0 Å². The van der Waals surface area contributed by atoms with Gasteiger partial charge in [-0.3, -0.25) is 4.79 Å². The summed E-state index contributed by atoms with van der Waals surface area (Å²) in [5, 5.41) is 2.82. The SMILES string of the molecule is Cc1nc(C(=O)N2CCCN(CCSc3ccccc3)CC2)cs1. The van der Waals surface area contributed by atoms with E-state index in [4.69, 9.17) is 0 Å². The van der Waals surface area contributed by atoms with Crippen LogP contribution in [0.15, 0.2) is 40.6 Å². The van der Waals surface area contributed by atoms with Crippen molar-refractivity contribution in [2.45, 2.75) is 18.2 Å². The van der Waals surface area contributed by atoms with Crippen molar-refractivity contribution in [3.63, 3.8) is 0 Å². The number of benzene rings is 1. The Hall–Kier alpha value is -1.37. The Morgan fingerprint density at radius 1 is 1.21 bits per heavy atom. The Balaban J connectivity index is 1.45. The number of rotatable bonds is 5. The van der Waals surface area contributed by atoms with Gasteiger partial charge in [0.1, 0.15) is 5.69 Å². The molecule has 1 fully saturated rings. The molecule has 0 N–H and O–H groups in total. The summed E-state index contributed by atoms with van der Waals surface area (Å²) in [4.78, 5) is 22.6. The molecule has 0 spiro atoms. The fourth-order valence-corrected chi connectivity index (χ4v) is 4.35. The molecular formula is C18H23N3OS2. The monoisotopic (exact) mass is 361 g/mol. The van der Waals surface area contributed by atoms with Gasteiger partial charge in [0.05, 0.1) is 5.01 Å². The molecule has 1 aliphatic rings. The molecule has 6 heteroatoms. The molecule has 0 radical (unpaired) electrons. The van der Waals surface area contributed by atoms with Crippen LogP contribution in [0.2, 0.25) is 0 Å². The van der Waals surface area contributed by atoms with Crippen LogP contribution in [0.3, 0.4) is 0 Å². The summed E-state index contributed by atoms with van der Waals surface area (Å²) in [6, 6.07) is 10.5. The second kappa shape index (κ2) is 8.65. The standard InChI is InChI=1S/C18H23N3OS2/c1-15-19-17(14-24-15)18(22)21-9-5-8-20(10-11-21)12-13-23-16-6-3-2-4-7-16/h2-4,6-7,14H,5,8-13H2,1H3. The van der Waals surface area contributed by atoms with Crippen molar-refractivity contribution in [3.8, 4) is 0 Å². The van der Waals surface area contributed by atoms with Gasteiger partial charge in [0.15, 0.2) is 0 Å². The fraction of sp³-hybridized carbons (Fsp3) is 0.444. The minimum absolute atomic E-state index is 0.0832. The molecule has 0 aliphatic carbocycles. The van der Waals surface area contributed by atoms with E-state index in [1.54, 1.807) is 0 Å². The third kappa shape index (κ3) is 4.82. The van der Waals surface area contributed by atoms with E-state index < -0.39 is 0 Å². The second-order valence-corrected chi connectivity index (χ2v) is 8.13. The summed E-state index contributed by atoms with van der Waals surface area (Å²) in [5.74, 6) is 1.17. The predicted molar refractivity (Wildman–Crippen MR) is 101 cm³/mol. The van der Waals surface area contributed by atoms with Crippen LogP contribution in [0.4, 0.5) is 0 Å². The van der Waals surface area contributed by atoms with Gasteiger partial charge in [-0.05, 0) is 32.0 Å². The lowest BCUT2D eigenvalue weighted by molar-refractivity contribution is 0.0756. The fourth-order valence-electron chi connectivity index (χ4n) is 2.83. The minimum atomic E-state index is 0.0832. The number of nitrogens with zero attached hydrogens (tertiary/aromatic N) is 3. The number of hydrogen-bond acceptors (Lipinski definition) is 5. The highest BCUT2D eigenvalue weighted by Crippen LogP contribution is 2.17. The Kier molecular flexibility index (Phi) is 6.29. The van der Waals surface area contributed by atoms with Gasteiger partial charge in [-0.1, -0.05) is 18.2 Å². The van der Waals surface area contributed by atoms with Crippen LogP contribution in [-0.4, -0.2) is 59.2 Å². The highest BCUT2D eigenvalue weighted by Gasteiger charge is 2.21. The van der Waals surface area contributed by atoms with Gasteiger partial charge in [0.2, 0.25) is 0 Å². The number of carbonyl (C=O) groups excluding carboxylic acids is 1. The van der Waals surface area contributed by atoms with Gasteiger partial charge in [-0.15, -0.1) is 23.1 Å². The van der Waals surface area contributed by atoms with Gasteiger partial charge in [0.25, 0.3) is 5.91 Å². The van der Waals surface area contributed by atoms with Gasteiger partial charge < -0.3 is 9.80 Å². The average Bonchev–Trinajstić information content (AvgIpc) is 2.90. The lowest BCUT2D eigenvalue weighted by Crippen LogP contribution is -2.35. The summed E-state index contributed by atoms with van der Waals surface area (Å²) < 4.78 is 0. The van der Waals surface area contributed by atoms with Crippen molar-refractivity contribution >= 4 is 29.0 Å². The maximum Gasteiger partial charge on any atom is 0.273 e. The number of amides is 1. The van der Waals surface area contributed by atoms with Crippen molar-refractivity contribution in [1.82, 2.24) is 14.8 Å². The first-order valence-corrected chi connectivity index (χ1v) is 10.2. The van der Waals surface area contributed by atoms with Gasteiger partial charge in [0, 0.05) is 42.2 Å². The van der Waals surface area contributed by atoms with Gasteiger partial charge >= 0.3 is 0 Å². The van der Waals surface area contributed by atoms with E-state index >= 15 is 0 Å². The lowest BCUT2D eigenvalue weighted by Gasteiger charge is -2.21.